The van der Waals surface area contributed by atoms with E-state index in [1.165, 1.54) is 19.4 Å². The molecule has 0 radical (unpaired) electrons. The molecule has 0 spiro atoms. The molecular formula is C29H33N7O. The zero-order valence-corrected chi connectivity index (χ0v) is 21.2. The van der Waals surface area contributed by atoms with Crippen LogP contribution in [0.4, 0.5) is 17.2 Å². The Bertz CT molecular complexity index is 1340. The molecule has 2 aromatic heterocycles. The number of nitrogen functional groups attached to an aromatic ring is 1. The Balaban J connectivity index is 1.17. The molecule has 3 N–H and O–H groups in total. The molecule has 190 valence electrons. The summed E-state index contributed by atoms with van der Waals surface area (Å²) in [6, 6.07) is 14.4. The van der Waals surface area contributed by atoms with Crippen LogP contribution in [0.15, 0.2) is 48.7 Å². The van der Waals surface area contributed by atoms with E-state index < -0.39 is 0 Å². The van der Waals surface area contributed by atoms with Crippen LogP contribution >= 0.6 is 0 Å². The summed E-state index contributed by atoms with van der Waals surface area (Å²) >= 11 is 0. The van der Waals surface area contributed by atoms with Crippen LogP contribution in [-0.2, 0) is 0 Å². The first kappa shape index (κ1) is 23.6. The van der Waals surface area contributed by atoms with Crippen molar-refractivity contribution in [1.29, 1.82) is 0 Å². The first-order valence-corrected chi connectivity index (χ1v) is 13.2. The first-order valence-electron chi connectivity index (χ1n) is 13.2. The Kier molecular flexibility index (Phi) is 6.31. The lowest BCUT2D eigenvalue weighted by molar-refractivity contribution is 0.268. The van der Waals surface area contributed by atoms with Crippen molar-refractivity contribution in [2.75, 3.05) is 48.3 Å². The molecule has 1 aromatic carbocycles. The summed E-state index contributed by atoms with van der Waals surface area (Å²) < 4.78 is 0. The number of aromatic hydroxyl groups is 1. The molecule has 1 aliphatic carbocycles. The third-order valence-corrected chi connectivity index (χ3v) is 8.08. The lowest BCUT2D eigenvalue weighted by atomic mass is 9.86. The van der Waals surface area contributed by atoms with Gasteiger partial charge in [0.25, 0.3) is 0 Å². The van der Waals surface area contributed by atoms with Crippen LogP contribution in [-0.4, -0.2) is 70.0 Å². The molecule has 5 heterocycles. The SMILES string of the molecule is CC1CCN(c2cc(-c3ccccc3O)nnc2N)CCN1c1ccnc(C#CCN2CC3CC2C3)c1. The van der Waals surface area contributed by atoms with E-state index >= 15 is 0 Å². The van der Waals surface area contributed by atoms with E-state index in [-0.39, 0.29) is 5.75 Å². The quantitative estimate of drug-likeness (QED) is 0.532. The maximum Gasteiger partial charge on any atom is 0.169 e. The van der Waals surface area contributed by atoms with Gasteiger partial charge in [0.15, 0.2) is 5.82 Å². The highest BCUT2D eigenvalue weighted by Gasteiger charge is 2.41. The van der Waals surface area contributed by atoms with Gasteiger partial charge >= 0.3 is 0 Å². The number of phenolic OH excluding ortho intramolecular Hbond substituents is 1. The molecule has 2 bridgehead atoms. The number of rotatable bonds is 4. The third kappa shape index (κ3) is 4.79. The van der Waals surface area contributed by atoms with Crippen LogP contribution in [0.2, 0.25) is 0 Å². The molecule has 3 saturated heterocycles. The fourth-order valence-electron chi connectivity index (χ4n) is 5.87. The molecule has 0 amide bonds. The number of anilines is 3. The van der Waals surface area contributed by atoms with Gasteiger partial charge in [-0.05, 0) is 68.4 Å². The highest BCUT2D eigenvalue weighted by molar-refractivity contribution is 5.74. The van der Waals surface area contributed by atoms with Gasteiger partial charge in [-0.3, -0.25) is 4.90 Å². The van der Waals surface area contributed by atoms with Crippen molar-refractivity contribution in [1.82, 2.24) is 20.1 Å². The Hall–Kier alpha value is -3.83. The number of para-hydroxylation sites is 1. The second-order valence-electron chi connectivity index (χ2n) is 10.5. The predicted octanol–water partition coefficient (Wildman–Crippen LogP) is 3.38. The van der Waals surface area contributed by atoms with Crippen molar-refractivity contribution in [2.45, 2.75) is 38.3 Å². The third-order valence-electron chi connectivity index (χ3n) is 8.08. The van der Waals surface area contributed by atoms with Crippen molar-refractivity contribution >= 4 is 17.2 Å². The van der Waals surface area contributed by atoms with Crippen LogP contribution in [0, 0.1) is 17.8 Å². The topological polar surface area (TPSA) is 94.6 Å². The van der Waals surface area contributed by atoms with Crippen LogP contribution in [0.5, 0.6) is 5.75 Å². The summed E-state index contributed by atoms with van der Waals surface area (Å²) in [4.78, 5) is 11.7. The van der Waals surface area contributed by atoms with Gasteiger partial charge in [-0.2, -0.15) is 0 Å². The lowest BCUT2D eigenvalue weighted by Gasteiger charge is -2.29. The van der Waals surface area contributed by atoms with Gasteiger partial charge in [-0.25, -0.2) is 4.98 Å². The van der Waals surface area contributed by atoms with Crippen molar-refractivity contribution in [3.63, 3.8) is 0 Å². The van der Waals surface area contributed by atoms with Gasteiger partial charge in [0.2, 0.25) is 0 Å². The van der Waals surface area contributed by atoms with Gasteiger partial charge in [0.05, 0.1) is 17.9 Å². The van der Waals surface area contributed by atoms with Gasteiger partial charge in [-0.15, -0.1) is 10.2 Å². The number of benzene rings is 1. The molecule has 3 aromatic rings. The smallest absolute Gasteiger partial charge is 0.169 e. The van der Waals surface area contributed by atoms with Crippen LogP contribution in [0.3, 0.4) is 0 Å². The molecule has 1 atom stereocenters. The Morgan fingerprint density at radius 1 is 1.08 bits per heavy atom. The largest absolute Gasteiger partial charge is 0.507 e. The monoisotopic (exact) mass is 495 g/mol. The fraction of sp³-hybridized carbons (Fsp3) is 0.414. The molecule has 1 saturated carbocycles. The summed E-state index contributed by atoms with van der Waals surface area (Å²) in [6.07, 6.45) is 5.55. The molecule has 37 heavy (non-hydrogen) atoms. The number of pyridine rings is 1. The highest BCUT2D eigenvalue weighted by Crippen LogP contribution is 2.40. The van der Waals surface area contributed by atoms with Crippen molar-refractivity contribution in [3.05, 3.63) is 54.4 Å². The molecule has 8 heteroatoms. The summed E-state index contributed by atoms with van der Waals surface area (Å²) in [5.41, 5.74) is 10.4. The molecule has 7 rings (SSSR count). The van der Waals surface area contributed by atoms with Gasteiger partial charge in [0.1, 0.15) is 11.4 Å². The zero-order chi connectivity index (χ0) is 25.4. The fourth-order valence-corrected chi connectivity index (χ4v) is 5.87. The summed E-state index contributed by atoms with van der Waals surface area (Å²) in [5.74, 6) is 8.14. The molecule has 4 fully saturated rings. The number of hydrogen-bond acceptors (Lipinski definition) is 8. The van der Waals surface area contributed by atoms with E-state index in [1.54, 1.807) is 12.1 Å². The van der Waals surface area contributed by atoms with Gasteiger partial charge in [0, 0.05) is 55.7 Å². The highest BCUT2D eigenvalue weighted by atomic mass is 16.3. The van der Waals surface area contributed by atoms with E-state index in [0.717, 1.165) is 61.6 Å². The summed E-state index contributed by atoms with van der Waals surface area (Å²) in [7, 11) is 0. The molecule has 4 aliphatic rings. The van der Waals surface area contributed by atoms with Gasteiger partial charge in [-0.1, -0.05) is 18.1 Å². The zero-order valence-electron chi connectivity index (χ0n) is 21.2. The van der Waals surface area contributed by atoms with Crippen molar-refractivity contribution in [3.8, 4) is 28.8 Å². The molecule has 8 nitrogen and oxygen atoms in total. The van der Waals surface area contributed by atoms with Crippen molar-refractivity contribution < 1.29 is 5.11 Å². The van der Waals surface area contributed by atoms with Crippen LogP contribution in [0.25, 0.3) is 11.3 Å². The maximum absolute atomic E-state index is 10.3. The first-order chi connectivity index (χ1) is 18.0. The van der Waals surface area contributed by atoms with Crippen molar-refractivity contribution in [2.24, 2.45) is 5.92 Å². The minimum Gasteiger partial charge on any atom is -0.507 e. The number of fused-ring (bicyclic) bond motifs is 1. The second-order valence-corrected chi connectivity index (χ2v) is 10.5. The number of hydrogen-bond donors (Lipinski definition) is 2. The number of phenols is 1. The normalized spacial score (nSPS) is 23.2. The van der Waals surface area contributed by atoms with E-state index in [2.05, 4.69) is 60.8 Å². The van der Waals surface area contributed by atoms with E-state index in [1.807, 2.05) is 24.4 Å². The predicted molar refractivity (Wildman–Crippen MR) is 146 cm³/mol. The Morgan fingerprint density at radius 2 is 1.95 bits per heavy atom. The minimum atomic E-state index is 0.178. The standard InChI is InChI=1S/C29H33N7O/c1-20-9-12-34(27-18-26(32-33-29(27)30)25-6-2-3-7-28(25)37)13-14-36(20)23-8-10-31-22(17-23)5-4-11-35-19-21-15-24(35)16-21/h2-3,6-8,10,17-18,20-21,24,37H,9,11-16,19H2,1H3,(H2,30,33). The molecule has 1 unspecified atom stereocenters. The maximum atomic E-state index is 10.3. The Labute approximate surface area is 218 Å². The summed E-state index contributed by atoms with van der Waals surface area (Å²) in [5, 5.41) is 18.7. The Morgan fingerprint density at radius 3 is 2.76 bits per heavy atom. The number of aromatic nitrogens is 3. The average Bonchev–Trinajstić information content (AvgIpc) is 3.41. The minimum absolute atomic E-state index is 0.178. The lowest BCUT2D eigenvalue weighted by Crippen LogP contribution is -2.35. The second kappa shape index (κ2) is 9.91. The number of nitrogens with two attached hydrogens (primary N) is 1. The molecular weight excluding hydrogens is 462 g/mol. The van der Waals surface area contributed by atoms with Gasteiger partial charge < -0.3 is 20.6 Å². The van der Waals surface area contributed by atoms with E-state index in [4.69, 9.17) is 5.73 Å². The van der Waals surface area contributed by atoms with Crippen LogP contribution in [0.1, 0.15) is 31.9 Å². The van der Waals surface area contributed by atoms with E-state index in [9.17, 15) is 5.11 Å². The number of nitrogens with zero attached hydrogens (tertiary/aromatic N) is 6. The average molecular weight is 496 g/mol. The van der Waals surface area contributed by atoms with Crippen LogP contribution < -0.4 is 15.5 Å². The summed E-state index contributed by atoms with van der Waals surface area (Å²) in [6.45, 7) is 6.79. The molecule has 3 aliphatic heterocycles. The van der Waals surface area contributed by atoms with E-state index in [0.29, 0.717) is 23.1 Å².